The number of nitrogens with zero attached hydrogens (tertiary/aromatic N) is 2. The molecule has 0 bridgehead atoms. The molecule has 0 spiro atoms. The highest BCUT2D eigenvalue weighted by Gasteiger charge is 1.96. The van der Waals surface area contributed by atoms with Crippen molar-refractivity contribution in [2.75, 3.05) is 6.54 Å². The van der Waals surface area contributed by atoms with Gasteiger partial charge >= 0.3 is 0 Å². The highest BCUT2D eigenvalue weighted by Crippen LogP contribution is 2.09. The first-order valence-electron chi connectivity index (χ1n) is 6.18. The summed E-state index contributed by atoms with van der Waals surface area (Å²) in [6.07, 6.45) is 4.97. The van der Waals surface area contributed by atoms with E-state index in [-0.39, 0.29) is 0 Å². The number of aromatic nitrogens is 2. The Kier molecular flexibility index (Phi) is 4.79. The molecule has 0 aliphatic heterocycles. The van der Waals surface area contributed by atoms with Crippen LogP contribution in [-0.2, 0) is 13.1 Å². The zero-order valence-electron chi connectivity index (χ0n) is 10.6. The van der Waals surface area contributed by atoms with Crippen LogP contribution in [0.3, 0.4) is 0 Å². The minimum atomic E-state index is 0.786. The molecular weight excluding hydrogens is 246 g/mol. The summed E-state index contributed by atoms with van der Waals surface area (Å²) in [7, 11) is 0. The van der Waals surface area contributed by atoms with Crippen molar-refractivity contribution in [3.05, 3.63) is 53.1 Å². The summed E-state index contributed by atoms with van der Waals surface area (Å²) in [6.45, 7) is 4.93. The van der Waals surface area contributed by atoms with Crippen molar-refractivity contribution in [2.24, 2.45) is 0 Å². The Morgan fingerprint density at radius 1 is 1.28 bits per heavy atom. The van der Waals surface area contributed by atoms with Gasteiger partial charge in [-0.3, -0.25) is 0 Å². The summed E-state index contributed by atoms with van der Waals surface area (Å²) >= 11 is 5.84. The third-order valence-electron chi connectivity index (χ3n) is 2.92. The van der Waals surface area contributed by atoms with E-state index in [1.165, 1.54) is 5.56 Å². The van der Waals surface area contributed by atoms with Crippen molar-refractivity contribution in [1.29, 1.82) is 0 Å². The Bertz CT molecular complexity index is 476. The average Bonchev–Trinajstić information content (AvgIpc) is 2.77. The van der Waals surface area contributed by atoms with Gasteiger partial charge in [-0.2, -0.15) is 0 Å². The fraction of sp³-hybridized carbons (Fsp3) is 0.357. The van der Waals surface area contributed by atoms with Gasteiger partial charge in [0.25, 0.3) is 0 Å². The van der Waals surface area contributed by atoms with Gasteiger partial charge in [0.05, 0.1) is 0 Å². The van der Waals surface area contributed by atoms with Crippen molar-refractivity contribution >= 4 is 11.6 Å². The lowest BCUT2D eigenvalue weighted by atomic mass is 10.2. The molecule has 3 nitrogen and oxygen atoms in total. The molecule has 1 heterocycles. The Labute approximate surface area is 113 Å². The van der Waals surface area contributed by atoms with Gasteiger partial charge in [-0.05, 0) is 37.6 Å². The maximum absolute atomic E-state index is 5.84. The zero-order valence-corrected chi connectivity index (χ0v) is 11.3. The van der Waals surface area contributed by atoms with E-state index in [0.29, 0.717) is 0 Å². The normalized spacial score (nSPS) is 10.8. The second kappa shape index (κ2) is 6.57. The van der Waals surface area contributed by atoms with Crippen LogP contribution in [0.1, 0.15) is 17.8 Å². The predicted octanol–water partition coefficient (Wildman–Crippen LogP) is 3.02. The highest BCUT2D eigenvalue weighted by atomic mass is 35.5. The molecule has 0 atom stereocenters. The Balaban J connectivity index is 1.64. The second-order valence-electron chi connectivity index (χ2n) is 4.32. The summed E-state index contributed by atoms with van der Waals surface area (Å²) in [5.74, 6) is 1.08. The Morgan fingerprint density at radius 2 is 2.06 bits per heavy atom. The van der Waals surface area contributed by atoms with E-state index in [9.17, 15) is 0 Å². The van der Waals surface area contributed by atoms with Crippen LogP contribution in [0.4, 0.5) is 0 Å². The van der Waals surface area contributed by atoms with Gasteiger partial charge in [0, 0.05) is 30.5 Å². The monoisotopic (exact) mass is 263 g/mol. The van der Waals surface area contributed by atoms with E-state index in [1.807, 2.05) is 31.5 Å². The topological polar surface area (TPSA) is 29.9 Å². The molecule has 18 heavy (non-hydrogen) atoms. The molecule has 0 radical (unpaired) electrons. The highest BCUT2D eigenvalue weighted by molar-refractivity contribution is 6.30. The first-order valence-corrected chi connectivity index (χ1v) is 6.56. The van der Waals surface area contributed by atoms with Gasteiger partial charge in [-0.1, -0.05) is 23.7 Å². The van der Waals surface area contributed by atoms with E-state index < -0.39 is 0 Å². The largest absolute Gasteiger partial charge is 0.335 e. The van der Waals surface area contributed by atoms with Gasteiger partial charge in [0.1, 0.15) is 5.82 Å². The van der Waals surface area contributed by atoms with Gasteiger partial charge in [0.15, 0.2) is 0 Å². The summed E-state index contributed by atoms with van der Waals surface area (Å²) in [4.78, 5) is 4.20. The fourth-order valence-corrected chi connectivity index (χ4v) is 1.98. The smallest absolute Gasteiger partial charge is 0.105 e. The SMILES string of the molecule is Cc1nccn1CCCNCc1ccc(Cl)cc1. The van der Waals surface area contributed by atoms with E-state index in [1.54, 1.807) is 0 Å². The molecule has 0 aliphatic carbocycles. The van der Waals surface area contributed by atoms with Crippen LogP contribution in [0.2, 0.25) is 5.02 Å². The number of benzene rings is 1. The average molecular weight is 264 g/mol. The molecule has 0 saturated heterocycles. The number of aryl methyl sites for hydroxylation is 2. The molecule has 0 saturated carbocycles. The number of imidazole rings is 1. The number of halogens is 1. The fourth-order valence-electron chi connectivity index (χ4n) is 1.85. The minimum absolute atomic E-state index is 0.786. The molecule has 4 heteroatoms. The van der Waals surface area contributed by atoms with Crippen LogP contribution in [0, 0.1) is 6.92 Å². The van der Waals surface area contributed by atoms with Crippen molar-refractivity contribution < 1.29 is 0 Å². The van der Waals surface area contributed by atoms with Crippen LogP contribution < -0.4 is 5.32 Å². The third-order valence-corrected chi connectivity index (χ3v) is 3.17. The lowest BCUT2D eigenvalue weighted by Gasteiger charge is -2.07. The summed E-state index contributed by atoms with van der Waals surface area (Å²) < 4.78 is 2.17. The van der Waals surface area contributed by atoms with Gasteiger partial charge in [-0.15, -0.1) is 0 Å². The zero-order chi connectivity index (χ0) is 12.8. The molecule has 2 aromatic rings. The molecule has 1 N–H and O–H groups in total. The van der Waals surface area contributed by atoms with E-state index in [4.69, 9.17) is 11.6 Å². The standard InChI is InChI=1S/C14H18ClN3/c1-12-17-8-10-18(12)9-2-7-16-11-13-3-5-14(15)6-4-13/h3-6,8,10,16H,2,7,9,11H2,1H3. The Morgan fingerprint density at radius 3 is 2.72 bits per heavy atom. The van der Waals surface area contributed by atoms with Crippen molar-refractivity contribution in [3.8, 4) is 0 Å². The van der Waals surface area contributed by atoms with Crippen LogP contribution in [0.15, 0.2) is 36.7 Å². The van der Waals surface area contributed by atoms with Gasteiger partial charge < -0.3 is 9.88 Å². The number of hydrogen-bond acceptors (Lipinski definition) is 2. The Hall–Kier alpha value is -1.32. The lowest BCUT2D eigenvalue weighted by Crippen LogP contribution is -2.16. The van der Waals surface area contributed by atoms with Crippen LogP contribution in [0.5, 0.6) is 0 Å². The van der Waals surface area contributed by atoms with E-state index >= 15 is 0 Å². The molecule has 2 rings (SSSR count). The van der Waals surface area contributed by atoms with Crippen molar-refractivity contribution in [1.82, 2.24) is 14.9 Å². The van der Waals surface area contributed by atoms with Crippen molar-refractivity contribution in [2.45, 2.75) is 26.4 Å². The first kappa shape index (κ1) is 13.1. The molecule has 96 valence electrons. The second-order valence-corrected chi connectivity index (χ2v) is 4.76. The minimum Gasteiger partial charge on any atom is -0.335 e. The third kappa shape index (κ3) is 3.86. The first-order chi connectivity index (χ1) is 8.75. The van der Waals surface area contributed by atoms with E-state index in [0.717, 1.165) is 36.9 Å². The lowest BCUT2D eigenvalue weighted by molar-refractivity contribution is 0.572. The van der Waals surface area contributed by atoms with Crippen LogP contribution in [0.25, 0.3) is 0 Å². The van der Waals surface area contributed by atoms with E-state index in [2.05, 4.69) is 27.0 Å². The maximum atomic E-state index is 5.84. The number of nitrogens with one attached hydrogen (secondary N) is 1. The molecular formula is C14H18ClN3. The van der Waals surface area contributed by atoms with Crippen LogP contribution in [-0.4, -0.2) is 16.1 Å². The van der Waals surface area contributed by atoms with Gasteiger partial charge in [0.2, 0.25) is 0 Å². The van der Waals surface area contributed by atoms with Crippen molar-refractivity contribution in [3.63, 3.8) is 0 Å². The number of rotatable bonds is 6. The molecule has 1 aromatic carbocycles. The molecule has 0 unspecified atom stereocenters. The number of hydrogen-bond donors (Lipinski definition) is 1. The quantitative estimate of drug-likeness (QED) is 0.812. The summed E-state index contributed by atoms with van der Waals surface area (Å²) in [5, 5.41) is 4.21. The predicted molar refractivity (Wildman–Crippen MR) is 74.7 cm³/mol. The summed E-state index contributed by atoms with van der Waals surface area (Å²) in [6, 6.07) is 7.95. The van der Waals surface area contributed by atoms with Crippen LogP contribution >= 0.6 is 11.6 Å². The summed E-state index contributed by atoms with van der Waals surface area (Å²) in [5.41, 5.74) is 1.26. The molecule has 1 aromatic heterocycles. The molecule has 0 fully saturated rings. The van der Waals surface area contributed by atoms with Gasteiger partial charge in [-0.25, -0.2) is 4.98 Å². The molecule has 0 aliphatic rings. The molecule has 0 amide bonds. The maximum Gasteiger partial charge on any atom is 0.105 e.